The van der Waals surface area contributed by atoms with Crippen LogP contribution in [0, 0.1) is 18.6 Å². The topological polar surface area (TPSA) is 63.6 Å². The molecule has 1 unspecified atom stereocenters. The molecule has 2 heterocycles. The number of carbonyl (C=O) groups is 1. The van der Waals surface area contributed by atoms with Crippen molar-refractivity contribution in [1.82, 2.24) is 10.3 Å². The van der Waals surface area contributed by atoms with Crippen molar-refractivity contribution in [3.63, 3.8) is 0 Å². The van der Waals surface area contributed by atoms with E-state index in [1.54, 1.807) is 26.8 Å². The molecule has 0 amide bonds. The van der Waals surface area contributed by atoms with Gasteiger partial charge in [0, 0.05) is 11.9 Å². The fraction of sp³-hybridized carbons (Fsp3) is 0.250. The fourth-order valence-corrected chi connectivity index (χ4v) is 3.00. The summed E-state index contributed by atoms with van der Waals surface area (Å²) in [4.78, 5) is 21.1. The van der Waals surface area contributed by atoms with Gasteiger partial charge in [-0.15, -0.1) is 0 Å². The van der Waals surface area contributed by atoms with E-state index in [4.69, 9.17) is 4.74 Å². The molecule has 0 spiro atoms. The highest BCUT2D eigenvalue weighted by Crippen LogP contribution is 2.34. The zero-order chi connectivity index (χ0) is 19.6. The summed E-state index contributed by atoms with van der Waals surface area (Å²) in [5, 5.41) is 2.95. The van der Waals surface area contributed by atoms with E-state index in [0.29, 0.717) is 22.4 Å². The van der Waals surface area contributed by atoms with Crippen LogP contribution in [0.25, 0.3) is 0 Å². The molecule has 0 saturated heterocycles. The van der Waals surface area contributed by atoms with Gasteiger partial charge in [-0.1, -0.05) is 6.07 Å². The first kappa shape index (κ1) is 18.7. The molecule has 0 bridgehead atoms. The van der Waals surface area contributed by atoms with Crippen LogP contribution in [-0.2, 0) is 9.53 Å². The number of benzene rings is 1. The van der Waals surface area contributed by atoms with Crippen LogP contribution in [0.3, 0.4) is 0 Å². The Balaban J connectivity index is 2.15. The van der Waals surface area contributed by atoms with Crippen molar-refractivity contribution in [3.05, 3.63) is 76.3 Å². The van der Waals surface area contributed by atoms with Crippen LogP contribution in [0.4, 0.5) is 8.78 Å². The van der Waals surface area contributed by atoms with E-state index in [0.717, 1.165) is 0 Å². The van der Waals surface area contributed by atoms with Crippen LogP contribution >= 0.6 is 0 Å². The highest BCUT2D eigenvalue weighted by atomic mass is 19.1. The number of amidine groups is 1. The zero-order valence-corrected chi connectivity index (χ0v) is 15.2. The molecular formula is C20H19F2N3O2. The van der Waals surface area contributed by atoms with E-state index in [1.165, 1.54) is 30.5 Å². The van der Waals surface area contributed by atoms with Crippen molar-refractivity contribution in [2.24, 2.45) is 4.99 Å². The normalized spacial score (nSPS) is 16.6. The molecular weight excluding hydrogens is 352 g/mol. The van der Waals surface area contributed by atoms with Gasteiger partial charge in [-0.25, -0.2) is 18.6 Å². The van der Waals surface area contributed by atoms with Crippen LogP contribution in [0.15, 0.2) is 52.8 Å². The summed E-state index contributed by atoms with van der Waals surface area (Å²) in [6.07, 6.45) is 1.46. The minimum absolute atomic E-state index is 0.0459. The van der Waals surface area contributed by atoms with Crippen LogP contribution in [0.1, 0.15) is 36.7 Å². The second-order valence-corrected chi connectivity index (χ2v) is 6.10. The molecule has 1 aromatic heterocycles. The van der Waals surface area contributed by atoms with Crippen molar-refractivity contribution in [1.29, 1.82) is 0 Å². The van der Waals surface area contributed by atoms with Gasteiger partial charge in [0.15, 0.2) is 11.7 Å². The smallest absolute Gasteiger partial charge is 0.338 e. The minimum Gasteiger partial charge on any atom is -0.463 e. The lowest BCUT2D eigenvalue weighted by Gasteiger charge is -2.27. The first-order valence-corrected chi connectivity index (χ1v) is 8.52. The zero-order valence-electron chi connectivity index (χ0n) is 15.2. The number of hydrogen-bond acceptors (Lipinski definition) is 5. The molecule has 1 aliphatic rings. The Hall–Kier alpha value is -3.09. The van der Waals surface area contributed by atoms with Crippen molar-refractivity contribution in [3.8, 4) is 0 Å². The van der Waals surface area contributed by atoms with Gasteiger partial charge in [0.25, 0.3) is 0 Å². The predicted octanol–water partition coefficient (Wildman–Crippen LogP) is 3.60. The summed E-state index contributed by atoms with van der Waals surface area (Å²) in [5.41, 5.74) is 2.09. The largest absolute Gasteiger partial charge is 0.463 e. The Bertz CT molecular complexity index is 954. The van der Waals surface area contributed by atoms with E-state index in [2.05, 4.69) is 15.3 Å². The maximum Gasteiger partial charge on any atom is 0.338 e. The van der Waals surface area contributed by atoms with Crippen LogP contribution in [-0.4, -0.2) is 23.4 Å². The number of allylic oxidation sites excluding steroid dienone is 1. The lowest BCUT2D eigenvalue weighted by Crippen LogP contribution is -2.34. The summed E-state index contributed by atoms with van der Waals surface area (Å²) in [7, 11) is 0. The van der Waals surface area contributed by atoms with E-state index in [1.807, 2.05) is 0 Å². The van der Waals surface area contributed by atoms with Crippen LogP contribution in [0.2, 0.25) is 0 Å². The Morgan fingerprint density at radius 1 is 1.26 bits per heavy atom. The Labute approximate surface area is 155 Å². The Morgan fingerprint density at radius 2 is 2.04 bits per heavy atom. The molecule has 0 fully saturated rings. The molecule has 27 heavy (non-hydrogen) atoms. The third kappa shape index (κ3) is 3.72. The standard InChI is InChI=1S/C20H19F2N3O2/c1-4-27-20(26)16-12(3)24-19(18-15(22)6-5-9-23-18)25-17(16)14-8-7-13(21)10-11(14)2/h5-10,17H,4H2,1-3H3,(H,24,25). The molecule has 0 radical (unpaired) electrons. The average Bonchev–Trinajstić information content (AvgIpc) is 2.61. The molecule has 1 atom stereocenters. The van der Waals surface area contributed by atoms with Gasteiger partial charge < -0.3 is 10.1 Å². The number of halogens is 2. The van der Waals surface area contributed by atoms with E-state index >= 15 is 0 Å². The molecule has 1 aliphatic heterocycles. The first-order valence-electron chi connectivity index (χ1n) is 8.52. The summed E-state index contributed by atoms with van der Waals surface area (Å²) in [6.45, 7) is 5.33. The van der Waals surface area contributed by atoms with Crippen molar-refractivity contribution in [2.75, 3.05) is 6.61 Å². The maximum absolute atomic E-state index is 14.2. The first-order chi connectivity index (χ1) is 12.9. The Kier molecular flexibility index (Phi) is 5.30. The predicted molar refractivity (Wildman–Crippen MR) is 97.1 cm³/mol. The Morgan fingerprint density at radius 3 is 2.70 bits per heavy atom. The van der Waals surface area contributed by atoms with Gasteiger partial charge in [-0.2, -0.15) is 0 Å². The molecule has 2 aromatic rings. The van der Waals surface area contributed by atoms with Gasteiger partial charge in [-0.3, -0.25) is 4.99 Å². The number of nitrogens with zero attached hydrogens (tertiary/aromatic N) is 2. The van der Waals surface area contributed by atoms with Gasteiger partial charge in [0.2, 0.25) is 0 Å². The fourth-order valence-electron chi connectivity index (χ4n) is 3.00. The number of carbonyl (C=O) groups excluding carboxylic acids is 1. The highest BCUT2D eigenvalue weighted by Gasteiger charge is 2.32. The molecule has 1 N–H and O–H groups in total. The SMILES string of the molecule is CCOC(=O)C1=C(C)NC(c2ncccc2F)=NC1c1ccc(F)cc1C. The summed E-state index contributed by atoms with van der Waals surface area (Å²) < 4.78 is 32.9. The molecule has 0 aliphatic carbocycles. The highest BCUT2D eigenvalue weighted by molar-refractivity contribution is 6.02. The molecule has 1 aromatic carbocycles. The number of esters is 1. The van der Waals surface area contributed by atoms with Crippen LogP contribution in [0.5, 0.6) is 0 Å². The van der Waals surface area contributed by atoms with Crippen molar-refractivity contribution in [2.45, 2.75) is 26.8 Å². The van der Waals surface area contributed by atoms with Gasteiger partial charge in [0.05, 0.1) is 12.2 Å². The second-order valence-electron chi connectivity index (χ2n) is 6.10. The second kappa shape index (κ2) is 7.65. The molecule has 5 nitrogen and oxygen atoms in total. The van der Waals surface area contributed by atoms with Gasteiger partial charge in [0.1, 0.15) is 17.6 Å². The number of pyridine rings is 1. The summed E-state index contributed by atoms with van der Waals surface area (Å²) >= 11 is 0. The summed E-state index contributed by atoms with van der Waals surface area (Å²) in [6, 6.07) is 6.25. The lowest BCUT2D eigenvalue weighted by atomic mass is 9.92. The number of rotatable bonds is 4. The molecule has 7 heteroatoms. The monoisotopic (exact) mass is 371 g/mol. The molecule has 0 saturated carbocycles. The number of nitrogens with one attached hydrogen (secondary N) is 1. The van der Waals surface area contributed by atoms with E-state index in [-0.39, 0.29) is 24.0 Å². The van der Waals surface area contributed by atoms with Crippen molar-refractivity contribution >= 4 is 11.8 Å². The molecule has 3 rings (SSSR count). The van der Waals surface area contributed by atoms with Crippen molar-refractivity contribution < 1.29 is 18.3 Å². The minimum atomic E-state index is -0.762. The average molecular weight is 371 g/mol. The van der Waals surface area contributed by atoms with E-state index < -0.39 is 17.8 Å². The number of aromatic nitrogens is 1. The third-order valence-corrected chi connectivity index (χ3v) is 4.25. The lowest BCUT2D eigenvalue weighted by molar-refractivity contribution is -0.138. The van der Waals surface area contributed by atoms with Gasteiger partial charge >= 0.3 is 5.97 Å². The van der Waals surface area contributed by atoms with Crippen LogP contribution < -0.4 is 5.32 Å². The molecule has 140 valence electrons. The number of aliphatic imine (C=N–C) groups is 1. The maximum atomic E-state index is 14.2. The third-order valence-electron chi connectivity index (χ3n) is 4.25. The van der Waals surface area contributed by atoms with Gasteiger partial charge in [-0.05, 0) is 56.2 Å². The number of hydrogen-bond donors (Lipinski definition) is 1. The van der Waals surface area contributed by atoms with E-state index in [9.17, 15) is 13.6 Å². The number of aryl methyl sites for hydroxylation is 1. The number of ether oxygens (including phenoxy) is 1. The summed E-state index contributed by atoms with van der Waals surface area (Å²) in [5.74, 6) is -1.25. The quantitative estimate of drug-likeness (QED) is 0.834.